The molecule has 0 aliphatic heterocycles. The summed E-state index contributed by atoms with van der Waals surface area (Å²) in [4.78, 5) is 12.0. The number of nitrogens with one attached hydrogen (secondary N) is 1. The third-order valence-electron chi connectivity index (χ3n) is 2.56. The number of hydrogen-bond acceptors (Lipinski definition) is 2. The Morgan fingerprint density at radius 3 is 2.42 bits per heavy atom. The summed E-state index contributed by atoms with van der Waals surface area (Å²) in [6.07, 6.45) is -0.561. The van der Waals surface area contributed by atoms with Gasteiger partial charge in [0.05, 0.1) is 5.69 Å². The summed E-state index contributed by atoms with van der Waals surface area (Å²) in [5.41, 5.74) is 0.732. The fourth-order valence-electron chi connectivity index (χ4n) is 1.55. The predicted octanol–water partition coefficient (Wildman–Crippen LogP) is 3.86. The average Bonchev–Trinajstić information content (AvgIpc) is 2.42. The first-order valence-electron chi connectivity index (χ1n) is 5.94. The Morgan fingerprint density at radius 2 is 1.74 bits per heavy atom. The highest BCUT2D eigenvalue weighted by atomic mass is 79.9. The minimum absolute atomic E-state index is 0.184. The molecule has 0 saturated heterocycles. The molecule has 4 heteroatoms. The second-order valence-corrected chi connectivity index (χ2v) is 4.90. The van der Waals surface area contributed by atoms with Crippen LogP contribution < -0.4 is 10.1 Å². The summed E-state index contributed by atoms with van der Waals surface area (Å²) >= 11 is 3.39. The molecule has 0 fully saturated rings. The van der Waals surface area contributed by atoms with Crippen LogP contribution in [-0.4, -0.2) is 12.0 Å². The molecule has 0 bridgehead atoms. The summed E-state index contributed by atoms with van der Waals surface area (Å²) in [5.74, 6) is 0.494. The molecule has 1 atom stereocenters. The highest BCUT2D eigenvalue weighted by Crippen LogP contribution is 2.21. The van der Waals surface area contributed by atoms with E-state index >= 15 is 0 Å². The molecule has 2 rings (SSSR count). The van der Waals surface area contributed by atoms with Gasteiger partial charge in [0, 0.05) is 4.47 Å². The highest BCUT2D eigenvalue weighted by molar-refractivity contribution is 9.10. The second kappa shape index (κ2) is 6.38. The van der Waals surface area contributed by atoms with E-state index in [1.54, 1.807) is 6.92 Å². The lowest BCUT2D eigenvalue weighted by atomic mass is 10.3. The van der Waals surface area contributed by atoms with Crippen LogP contribution in [0.4, 0.5) is 5.69 Å². The quantitative estimate of drug-likeness (QED) is 0.929. The number of anilines is 1. The van der Waals surface area contributed by atoms with Crippen molar-refractivity contribution in [3.8, 4) is 5.75 Å². The van der Waals surface area contributed by atoms with Gasteiger partial charge in [0.1, 0.15) is 5.75 Å². The van der Waals surface area contributed by atoms with E-state index in [1.165, 1.54) is 0 Å². The molecule has 2 aromatic carbocycles. The largest absolute Gasteiger partial charge is 0.481 e. The fourth-order valence-corrected chi connectivity index (χ4v) is 1.94. The van der Waals surface area contributed by atoms with Crippen molar-refractivity contribution in [2.45, 2.75) is 13.0 Å². The van der Waals surface area contributed by atoms with E-state index in [0.29, 0.717) is 5.75 Å². The minimum Gasteiger partial charge on any atom is -0.481 e. The van der Waals surface area contributed by atoms with Crippen LogP contribution in [0.5, 0.6) is 5.75 Å². The van der Waals surface area contributed by atoms with E-state index in [1.807, 2.05) is 54.6 Å². The first-order chi connectivity index (χ1) is 9.16. The predicted molar refractivity (Wildman–Crippen MR) is 79.3 cm³/mol. The van der Waals surface area contributed by atoms with E-state index in [2.05, 4.69) is 21.2 Å². The molecule has 1 unspecified atom stereocenters. The SMILES string of the molecule is CC(Oc1ccccc1)C(=O)Nc1ccccc1Br. The standard InChI is InChI=1S/C15H14BrNO2/c1-11(19-12-7-3-2-4-8-12)15(18)17-14-10-6-5-9-13(14)16/h2-11H,1H3,(H,17,18). The Morgan fingerprint density at radius 1 is 1.11 bits per heavy atom. The number of benzene rings is 2. The smallest absolute Gasteiger partial charge is 0.265 e. The summed E-state index contributed by atoms with van der Waals surface area (Å²) < 4.78 is 6.40. The Balaban J connectivity index is 1.99. The van der Waals surface area contributed by atoms with Crippen molar-refractivity contribution in [3.63, 3.8) is 0 Å². The number of rotatable bonds is 4. The average molecular weight is 320 g/mol. The van der Waals surface area contributed by atoms with E-state index in [0.717, 1.165) is 10.2 Å². The van der Waals surface area contributed by atoms with E-state index in [4.69, 9.17) is 4.74 Å². The number of carbonyl (C=O) groups is 1. The minimum atomic E-state index is -0.561. The third kappa shape index (κ3) is 3.83. The lowest BCUT2D eigenvalue weighted by molar-refractivity contribution is -0.122. The maximum Gasteiger partial charge on any atom is 0.265 e. The van der Waals surface area contributed by atoms with Crippen LogP contribution in [0.1, 0.15) is 6.92 Å². The molecule has 19 heavy (non-hydrogen) atoms. The van der Waals surface area contributed by atoms with Crippen molar-refractivity contribution in [1.29, 1.82) is 0 Å². The van der Waals surface area contributed by atoms with Crippen molar-refractivity contribution in [2.75, 3.05) is 5.32 Å². The van der Waals surface area contributed by atoms with Crippen LogP contribution in [0, 0.1) is 0 Å². The third-order valence-corrected chi connectivity index (χ3v) is 3.25. The zero-order valence-corrected chi connectivity index (χ0v) is 12.1. The lowest BCUT2D eigenvalue weighted by Crippen LogP contribution is -2.30. The van der Waals surface area contributed by atoms with Gasteiger partial charge in [-0.1, -0.05) is 30.3 Å². The van der Waals surface area contributed by atoms with Gasteiger partial charge >= 0.3 is 0 Å². The van der Waals surface area contributed by atoms with E-state index in [-0.39, 0.29) is 5.91 Å². The topological polar surface area (TPSA) is 38.3 Å². The van der Waals surface area contributed by atoms with Crippen LogP contribution in [0.3, 0.4) is 0 Å². The fraction of sp³-hybridized carbons (Fsp3) is 0.133. The maximum atomic E-state index is 12.0. The maximum absolute atomic E-state index is 12.0. The first-order valence-corrected chi connectivity index (χ1v) is 6.73. The molecule has 0 spiro atoms. The molecular formula is C15H14BrNO2. The number of amides is 1. The first kappa shape index (κ1) is 13.6. The molecule has 0 saturated carbocycles. The van der Waals surface area contributed by atoms with Crippen molar-refractivity contribution < 1.29 is 9.53 Å². The van der Waals surface area contributed by atoms with Gasteiger partial charge in [-0.25, -0.2) is 0 Å². The van der Waals surface area contributed by atoms with Crippen molar-refractivity contribution in [1.82, 2.24) is 0 Å². The Kier molecular flexibility index (Phi) is 4.58. The molecule has 0 heterocycles. The number of para-hydroxylation sites is 2. The molecule has 1 amide bonds. The number of ether oxygens (including phenoxy) is 1. The van der Waals surface area contributed by atoms with Gasteiger partial charge < -0.3 is 10.1 Å². The highest BCUT2D eigenvalue weighted by Gasteiger charge is 2.15. The Bertz CT molecular complexity index is 557. The van der Waals surface area contributed by atoms with Crippen molar-refractivity contribution in [3.05, 3.63) is 59.1 Å². The van der Waals surface area contributed by atoms with Gasteiger partial charge in [-0.05, 0) is 47.1 Å². The summed E-state index contributed by atoms with van der Waals surface area (Å²) in [6.45, 7) is 1.72. The van der Waals surface area contributed by atoms with Gasteiger partial charge in [0.2, 0.25) is 0 Å². The molecule has 2 aromatic rings. The summed E-state index contributed by atoms with van der Waals surface area (Å²) in [7, 11) is 0. The summed E-state index contributed by atoms with van der Waals surface area (Å²) in [5, 5.41) is 2.82. The molecule has 0 aliphatic rings. The molecule has 1 N–H and O–H groups in total. The van der Waals surface area contributed by atoms with Gasteiger partial charge in [0.25, 0.3) is 5.91 Å². The number of carbonyl (C=O) groups excluding carboxylic acids is 1. The molecule has 0 radical (unpaired) electrons. The van der Waals surface area contributed by atoms with Crippen molar-refractivity contribution >= 4 is 27.5 Å². The van der Waals surface area contributed by atoms with Gasteiger partial charge in [0.15, 0.2) is 6.10 Å². The van der Waals surface area contributed by atoms with Crippen LogP contribution in [-0.2, 0) is 4.79 Å². The van der Waals surface area contributed by atoms with Crippen LogP contribution in [0.25, 0.3) is 0 Å². The molecule has 0 aliphatic carbocycles. The van der Waals surface area contributed by atoms with E-state index in [9.17, 15) is 4.79 Å². The van der Waals surface area contributed by atoms with Crippen LogP contribution in [0.2, 0.25) is 0 Å². The second-order valence-electron chi connectivity index (χ2n) is 4.04. The van der Waals surface area contributed by atoms with Crippen LogP contribution >= 0.6 is 15.9 Å². The zero-order valence-electron chi connectivity index (χ0n) is 10.5. The molecule has 98 valence electrons. The normalized spacial score (nSPS) is 11.7. The summed E-state index contributed by atoms with van der Waals surface area (Å²) in [6, 6.07) is 16.7. The zero-order chi connectivity index (χ0) is 13.7. The number of hydrogen-bond donors (Lipinski definition) is 1. The van der Waals surface area contributed by atoms with Crippen LogP contribution in [0.15, 0.2) is 59.1 Å². The van der Waals surface area contributed by atoms with Gasteiger partial charge in [-0.3, -0.25) is 4.79 Å². The number of halogens is 1. The molecule has 0 aromatic heterocycles. The lowest BCUT2D eigenvalue weighted by Gasteiger charge is -2.15. The Hall–Kier alpha value is -1.81. The van der Waals surface area contributed by atoms with Gasteiger partial charge in [-0.15, -0.1) is 0 Å². The van der Waals surface area contributed by atoms with E-state index < -0.39 is 6.10 Å². The molecular weight excluding hydrogens is 306 g/mol. The van der Waals surface area contributed by atoms with Crippen molar-refractivity contribution in [2.24, 2.45) is 0 Å². The Labute approximate surface area is 120 Å². The molecule has 3 nitrogen and oxygen atoms in total. The van der Waals surface area contributed by atoms with Gasteiger partial charge in [-0.2, -0.15) is 0 Å². The monoisotopic (exact) mass is 319 g/mol.